The van der Waals surface area contributed by atoms with E-state index in [-0.39, 0.29) is 24.3 Å². The van der Waals surface area contributed by atoms with Gasteiger partial charge in [-0.2, -0.15) is 15.0 Å². The summed E-state index contributed by atoms with van der Waals surface area (Å²) in [5.41, 5.74) is 7.58. The number of carbonyl (C=O) groups is 1. The van der Waals surface area contributed by atoms with Crippen LogP contribution in [0.5, 0.6) is 0 Å². The van der Waals surface area contributed by atoms with Crippen LogP contribution in [0.1, 0.15) is 16.2 Å². The number of rotatable bonds is 6. The average molecular weight is 389 g/mol. The van der Waals surface area contributed by atoms with Gasteiger partial charge in [-0.25, -0.2) is 4.79 Å². The fraction of sp³-hybridized carbons (Fsp3) is 0.0526. The number of esters is 1. The molecule has 0 spiro atoms. The Morgan fingerprint density at radius 2 is 1.83 bits per heavy atom. The van der Waals surface area contributed by atoms with Gasteiger partial charge in [-0.3, -0.25) is 0 Å². The van der Waals surface area contributed by atoms with Crippen LogP contribution in [-0.2, 0) is 11.3 Å². The summed E-state index contributed by atoms with van der Waals surface area (Å²) in [6.07, 6.45) is 1.23. The van der Waals surface area contributed by atoms with Gasteiger partial charge < -0.3 is 20.2 Å². The third kappa shape index (κ3) is 4.50. The molecule has 29 heavy (non-hydrogen) atoms. The zero-order valence-corrected chi connectivity index (χ0v) is 15.0. The third-order valence-corrected chi connectivity index (χ3v) is 3.79. The minimum absolute atomic E-state index is 0.0217. The van der Waals surface area contributed by atoms with Crippen molar-refractivity contribution in [2.75, 3.05) is 11.1 Å². The molecule has 0 amide bonds. The van der Waals surface area contributed by atoms with Crippen LogP contribution in [-0.4, -0.2) is 31.1 Å². The highest BCUT2D eigenvalue weighted by molar-refractivity contribution is 5.89. The Hall–Kier alpha value is -4.34. The lowest BCUT2D eigenvalue weighted by Crippen LogP contribution is -2.11. The Labute approximate surface area is 164 Å². The van der Waals surface area contributed by atoms with Crippen molar-refractivity contribution in [3.05, 3.63) is 72.4 Å². The molecule has 0 atom stereocenters. The molecule has 0 saturated carbocycles. The van der Waals surface area contributed by atoms with Gasteiger partial charge in [0.05, 0.1) is 5.56 Å². The fourth-order valence-electron chi connectivity index (χ4n) is 2.47. The van der Waals surface area contributed by atoms with Gasteiger partial charge in [0.25, 0.3) is 0 Å². The Kier molecular flexibility index (Phi) is 5.06. The summed E-state index contributed by atoms with van der Waals surface area (Å²) in [5, 5.41) is 10.4. The predicted molar refractivity (Wildman–Crippen MR) is 103 cm³/mol. The van der Waals surface area contributed by atoms with Crippen LogP contribution in [0.3, 0.4) is 0 Å². The molecule has 10 nitrogen and oxygen atoms in total. The molecular weight excluding hydrogens is 374 g/mol. The number of hydrogen-bond acceptors (Lipinski definition) is 10. The molecule has 0 aliphatic heterocycles. The Balaban J connectivity index is 1.41. The first kappa shape index (κ1) is 18.0. The molecule has 0 radical (unpaired) electrons. The number of anilines is 3. The summed E-state index contributed by atoms with van der Waals surface area (Å²) in [5.74, 6) is 0.349. The Morgan fingerprint density at radius 1 is 1.03 bits per heavy atom. The van der Waals surface area contributed by atoms with Crippen molar-refractivity contribution >= 4 is 23.6 Å². The van der Waals surface area contributed by atoms with Crippen LogP contribution in [0.15, 0.2) is 65.4 Å². The molecule has 4 aromatic rings. The lowest BCUT2D eigenvalue weighted by molar-refractivity contribution is 0.0462. The number of ether oxygens (including phenoxy) is 1. The van der Waals surface area contributed by atoms with Crippen LogP contribution < -0.4 is 11.1 Å². The summed E-state index contributed by atoms with van der Waals surface area (Å²) in [6.45, 7) is -0.152. The van der Waals surface area contributed by atoms with Gasteiger partial charge in [-0.1, -0.05) is 18.2 Å². The first-order valence-corrected chi connectivity index (χ1v) is 8.53. The molecule has 3 N–H and O–H groups in total. The fourth-order valence-corrected chi connectivity index (χ4v) is 2.47. The number of nitrogens with zero attached hydrogens (tertiary/aromatic N) is 5. The summed E-state index contributed by atoms with van der Waals surface area (Å²) in [4.78, 5) is 24.5. The highest BCUT2D eigenvalue weighted by atomic mass is 16.5. The Morgan fingerprint density at radius 3 is 2.55 bits per heavy atom. The molecule has 0 bridgehead atoms. The molecule has 2 aromatic heterocycles. The molecule has 2 aromatic carbocycles. The summed E-state index contributed by atoms with van der Waals surface area (Å²) in [7, 11) is 0. The standard InChI is InChI=1S/C19H15N7O3/c20-18-23-15(24-19(25-18)22-14-4-2-1-3-5-14)10-28-17(27)13-8-6-12(7-9-13)16-26-21-11-29-16/h1-9,11H,10H2,(H3,20,22,23,24,25). The quantitative estimate of drug-likeness (QED) is 0.472. The van der Waals surface area contributed by atoms with Crippen LogP contribution in [0.2, 0.25) is 0 Å². The van der Waals surface area contributed by atoms with Crippen LogP contribution in [0.25, 0.3) is 11.5 Å². The molecule has 0 unspecified atom stereocenters. The topological polar surface area (TPSA) is 142 Å². The van der Waals surface area contributed by atoms with Gasteiger partial charge in [0.1, 0.15) is 0 Å². The van der Waals surface area contributed by atoms with Crippen LogP contribution >= 0.6 is 0 Å². The van der Waals surface area contributed by atoms with E-state index in [4.69, 9.17) is 14.9 Å². The number of para-hydroxylation sites is 1. The molecule has 0 aliphatic carbocycles. The first-order valence-electron chi connectivity index (χ1n) is 8.53. The summed E-state index contributed by atoms with van der Waals surface area (Å²) in [6, 6.07) is 15.9. The maximum atomic E-state index is 12.3. The maximum Gasteiger partial charge on any atom is 0.338 e. The van der Waals surface area contributed by atoms with E-state index < -0.39 is 5.97 Å². The molecule has 0 fully saturated rings. The number of aromatic nitrogens is 5. The molecule has 10 heteroatoms. The largest absolute Gasteiger partial charge is 0.454 e. The number of hydrogen-bond donors (Lipinski definition) is 2. The van der Waals surface area contributed by atoms with E-state index in [1.54, 1.807) is 24.3 Å². The van der Waals surface area contributed by atoms with E-state index in [2.05, 4.69) is 30.5 Å². The monoisotopic (exact) mass is 389 g/mol. The lowest BCUT2D eigenvalue weighted by atomic mass is 10.1. The molecule has 0 saturated heterocycles. The zero-order chi connectivity index (χ0) is 20.1. The number of nitrogen functional groups attached to an aromatic ring is 1. The first-order chi connectivity index (χ1) is 14.2. The van der Waals surface area contributed by atoms with E-state index in [9.17, 15) is 4.79 Å². The van der Waals surface area contributed by atoms with Gasteiger partial charge in [-0.15, -0.1) is 10.2 Å². The smallest absolute Gasteiger partial charge is 0.338 e. The van der Waals surface area contributed by atoms with Gasteiger partial charge >= 0.3 is 5.97 Å². The minimum atomic E-state index is -0.529. The highest BCUT2D eigenvalue weighted by Crippen LogP contribution is 2.17. The summed E-state index contributed by atoms with van der Waals surface area (Å²) >= 11 is 0. The van der Waals surface area contributed by atoms with Crippen LogP contribution in [0, 0.1) is 0 Å². The van der Waals surface area contributed by atoms with E-state index in [1.165, 1.54) is 6.39 Å². The minimum Gasteiger partial charge on any atom is -0.454 e. The van der Waals surface area contributed by atoms with Crippen molar-refractivity contribution in [1.82, 2.24) is 25.1 Å². The van der Waals surface area contributed by atoms with Crippen molar-refractivity contribution in [3.8, 4) is 11.5 Å². The maximum absolute atomic E-state index is 12.3. The van der Waals surface area contributed by atoms with Crippen molar-refractivity contribution in [1.29, 1.82) is 0 Å². The highest BCUT2D eigenvalue weighted by Gasteiger charge is 2.12. The molecule has 144 valence electrons. The second-order valence-corrected chi connectivity index (χ2v) is 5.82. The molecular formula is C19H15N7O3. The second-order valence-electron chi connectivity index (χ2n) is 5.82. The van der Waals surface area contributed by atoms with E-state index in [0.29, 0.717) is 17.0 Å². The van der Waals surface area contributed by atoms with Gasteiger partial charge in [-0.05, 0) is 36.4 Å². The van der Waals surface area contributed by atoms with E-state index in [0.717, 1.165) is 5.69 Å². The normalized spacial score (nSPS) is 10.5. The number of benzene rings is 2. The number of carbonyl (C=O) groups excluding carboxylic acids is 1. The van der Waals surface area contributed by atoms with E-state index in [1.807, 2.05) is 30.3 Å². The second kappa shape index (κ2) is 8.13. The van der Waals surface area contributed by atoms with Crippen molar-refractivity contribution in [2.24, 2.45) is 0 Å². The third-order valence-electron chi connectivity index (χ3n) is 3.79. The average Bonchev–Trinajstić information content (AvgIpc) is 3.27. The van der Waals surface area contributed by atoms with Gasteiger partial charge in [0.15, 0.2) is 12.4 Å². The van der Waals surface area contributed by atoms with Gasteiger partial charge in [0, 0.05) is 11.3 Å². The Bertz CT molecular complexity index is 1100. The van der Waals surface area contributed by atoms with Crippen LogP contribution in [0.4, 0.5) is 17.6 Å². The van der Waals surface area contributed by atoms with E-state index >= 15 is 0 Å². The number of nitrogens with two attached hydrogens (primary N) is 1. The predicted octanol–water partition coefficient (Wildman–Crippen LogP) is 2.60. The molecule has 4 rings (SSSR count). The SMILES string of the molecule is Nc1nc(COC(=O)c2ccc(-c3nnco3)cc2)nc(Nc2ccccc2)n1. The lowest BCUT2D eigenvalue weighted by Gasteiger charge is -2.08. The number of nitrogens with one attached hydrogen (secondary N) is 1. The van der Waals surface area contributed by atoms with Crippen molar-refractivity contribution in [2.45, 2.75) is 6.61 Å². The van der Waals surface area contributed by atoms with Gasteiger partial charge in [0.2, 0.25) is 24.2 Å². The molecule has 0 aliphatic rings. The molecule has 2 heterocycles. The zero-order valence-electron chi connectivity index (χ0n) is 15.0. The summed E-state index contributed by atoms with van der Waals surface area (Å²) < 4.78 is 10.4. The van der Waals surface area contributed by atoms with Crippen molar-refractivity contribution < 1.29 is 13.9 Å². The van der Waals surface area contributed by atoms with Crippen molar-refractivity contribution in [3.63, 3.8) is 0 Å².